The van der Waals surface area contributed by atoms with E-state index in [0.29, 0.717) is 21.7 Å². The van der Waals surface area contributed by atoms with Gasteiger partial charge >= 0.3 is 0 Å². The van der Waals surface area contributed by atoms with Crippen LogP contribution < -0.4 is 5.73 Å². The van der Waals surface area contributed by atoms with Gasteiger partial charge in [0, 0.05) is 18.3 Å². The molecular formula is C14H24N2O2S. The number of nitrogens with zero attached hydrogens (tertiary/aromatic N) is 1. The second-order valence-electron chi connectivity index (χ2n) is 5.62. The van der Waals surface area contributed by atoms with E-state index in [0.717, 1.165) is 6.42 Å². The summed E-state index contributed by atoms with van der Waals surface area (Å²) in [6.07, 6.45) is 0.746. The minimum atomic E-state index is -3.51. The molecule has 0 aliphatic carbocycles. The molecule has 0 saturated heterocycles. The molecule has 1 rings (SSSR count). The number of sulfonamides is 1. The van der Waals surface area contributed by atoms with Gasteiger partial charge in [-0.15, -0.1) is 0 Å². The van der Waals surface area contributed by atoms with Crippen molar-refractivity contribution in [2.24, 2.45) is 0 Å². The molecular weight excluding hydrogens is 260 g/mol. The summed E-state index contributed by atoms with van der Waals surface area (Å²) in [7, 11) is -1.88. The molecule has 0 aliphatic heterocycles. The zero-order valence-corrected chi connectivity index (χ0v) is 13.4. The van der Waals surface area contributed by atoms with Crippen molar-refractivity contribution in [3.8, 4) is 0 Å². The first-order chi connectivity index (χ1) is 8.54. The maximum absolute atomic E-state index is 12.8. The third-order valence-electron chi connectivity index (χ3n) is 3.82. The number of hydrogen-bond acceptors (Lipinski definition) is 3. The van der Waals surface area contributed by atoms with E-state index in [9.17, 15) is 8.42 Å². The largest absolute Gasteiger partial charge is 0.399 e. The first kappa shape index (κ1) is 16.0. The fourth-order valence-electron chi connectivity index (χ4n) is 2.08. The van der Waals surface area contributed by atoms with Crippen molar-refractivity contribution in [2.75, 3.05) is 12.8 Å². The van der Waals surface area contributed by atoms with Gasteiger partial charge in [0.1, 0.15) is 0 Å². The normalized spacial score (nSPS) is 13.0. The van der Waals surface area contributed by atoms with Crippen molar-refractivity contribution in [2.45, 2.75) is 51.5 Å². The number of anilines is 1. The molecule has 0 radical (unpaired) electrons. The average molecular weight is 284 g/mol. The van der Waals surface area contributed by atoms with Gasteiger partial charge < -0.3 is 5.73 Å². The molecule has 0 amide bonds. The Labute approximate surface area is 116 Å². The summed E-state index contributed by atoms with van der Waals surface area (Å²) in [5.74, 6) is 0. The molecule has 0 bridgehead atoms. The van der Waals surface area contributed by atoms with Gasteiger partial charge in [-0.05, 0) is 57.4 Å². The molecule has 0 unspecified atom stereocenters. The summed E-state index contributed by atoms with van der Waals surface area (Å²) >= 11 is 0. The molecule has 5 heteroatoms. The van der Waals surface area contributed by atoms with Gasteiger partial charge in [0.25, 0.3) is 0 Å². The second-order valence-corrected chi connectivity index (χ2v) is 7.53. The zero-order valence-electron chi connectivity index (χ0n) is 12.6. The van der Waals surface area contributed by atoms with Gasteiger partial charge in [0.2, 0.25) is 10.0 Å². The molecule has 2 N–H and O–H groups in total. The third kappa shape index (κ3) is 2.92. The van der Waals surface area contributed by atoms with Crippen molar-refractivity contribution in [3.63, 3.8) is 0 Å². The predicted octanol–water partition coefficient (Wildman–Crippen LogP) is 2.69. The highest BCUT2D eigenvalue weighted by Crippen LogP contribution is 2.30. The summed E-state index contributed by atoms with van der Waals surface area (Å²) < 4.78 is 27.0. The van der Waals surface area contributed by atoms with Gasteiger partial charge in [0.05, 0.1) is 4.90 Å². The van der Waals surface area contributed by atoms with Crippen LogP contribution in [0.25, 0.3) is 0 Å². The zero-order chi connectivity index (χ0) is 15.0. The number of benzene rings is 1. The summed E-state index contributed by atoms with van der Waals surface area (Å²) in [5.41, 5.74) is 7.30. The molecule has 0 saturated carbocycles. The molecule has 0 aliphatic rings. The Morgan fingerprint density at radius 2 is 1.63 bits per heavy atom. The standard InChI is InChI=1S/C14H24N2O2S/c1-7-14(4,5)16(6)19(17,18)13-10(2)8-12(15)9-11(13)3/h8-9H,7,15H2,1-6H3. The van der Waals surface area contributed by atoms with E-state index in [1.165, 1.54) is 4.31 Å². The smallest absolute Gasteiger partial charge is 0.243 e. The highest BCUT2D eigenvalue weighted by molar-refractivity contribution is 7.89. The van der Waals surface area contributed by atoms with Gasteiger partial charge in [-0.25, -0.2) is 8.42 Å². The Hall–Kier alpha value is -1.07. The second kappa shape index (κ2) is 5.13. The maximum Gasteiger partial charge on any atom is 0.243 e. The fraction of sp³-hybridized carbons (Fsp3) is 0.571. The maximum atomic E-state index is 12.8. The van der Waals surface area contributed by atoms with Crippen molar-refractivity contribution in [1.29, 1.82) is 0 Å². The fourth-order valence-corrected chi connectivity index (χ4v) is 4.06. The quantitative estimate of drug-likeness (QED) is 0.865. The molecule has 4 nitrogen and oxygen atoms in total. The van der Waals surface area contributed by atoms with E-state index in [1.54, 1.807) is 33.0 Å². The van der Waals surface area contributed by atoms with Gasteiger partial charge in [0.15, 0.2) is 0 Å². The number of hydrogen-bond donors (Lipinski definition) is 1. The minimum Gasteiger partial charge on any atom is -0.399 e. The molecule has 1 aromatic rings. The van der Waals surface area contributed by atoms with Crippen LogP contribution in [0.2, 0.25) is 0 Å². The SMILES string of the molecule is CCC(C)(C)N(C)S(=O)(=O)c1c(C)cc(N)cc1C. The molecule has 0 atom stereocenters. The monoisotopic (exact) mass is 284 g/mol. The van der Waals surface area contributed by atoms with Crippen molar-refractivity contribution in [1.82, 2.24) is 4.31 Å². The van der Waals surface area contributed by atoms with Crippen LogP contribution in [0.1, 0.15) is 38.3 Å². The molecule has 19 heavy (non-hydrogen) atoms. The first-order valence-corrected chi connectivity index (χ1v) is 7.83. The third-order valence-corrected chi connectivity index (χ3v) is 6.19. The summed E-state index contributed by atoms with van der Waals surface area (Å²) in [4.78, 5) is 0.366. The predicted molar refractivity (Wildman–Crippen MR) is 79.6 cm³/mol. The van der Waals surface area contributed by atoms with E-state index in [1.807, 2.05) is 20.8 Å². The highest BCUT2D eigenvalue weighted by atomic mass is 32.2. The van der Waals surface area contributed by atoms with E-state index in [-0.39, 0.29) is 0 Å². The summed E-state index contributed by atoms with van der Waals surface area (Å²) in [5, 5.41) is 0. The van der Waals surface area contributed by atoms with Crippen molar-refractivity contribution >= 4 is 15.7 Å². The van der Waals surface area contributed by atoms with Gasteiger partial charge in [-0.1, -0.05) is 6.92 Å². The molecule has 0 aromatic heterocycles. The van der Waals surface area contributed by atoms with Crippen LogP contribution in [-0.4, -0.2) is 25.3 Å². The summed E-state index contributed by atoms with van der Waals surface area (Å²) in [6.45, 7) is 9.39. The van der Waals surface area contributed by atoms with Crippen molar-refractivity contribution in [3.05, 3.63) is 23.3 Å². The van der Waals surface area contributed by atoms with Gasteiger partial charge in [-0.3, -0.25) is 0 Å². The lowest BCUT2D eigenvalue weighted by Gasteiger charge is -2.34. The van der Waals surface area contributed by atoms with Crippen LogP contribution >= 0.6 is 0 Å². The minimum absolute atomic E-state index is 0.366. The summed E-state index contributed by atoms with van der Waals surface area (Å²) in [6, 6.07) is 3.40. The van der Waals surface area contributed by atoms with E-state index < -0.39 is 15.6 Å². The van der Waals surface area contributed by atoms with Crippen LogP contribution in [-0.2, 0) is 10.0 Å². The molecule has 0 heterocycles. The number of rotatable bonds is 4. The van der Waals surface area contributed by atoms with E-state index >= 15 is 0 Å². The Morgan fingerprint density at radius 1 is 1.21 bits per heavy atom. The van der Waals surface area contributed by atoms with Gasteiger partial charge in [-0.2, -0.15) is 4.31 Å². The van der Waals surface area contributed by atoms with E-state index in [4.69, 9.17) is 5.73 Å². The average Bonchev–Trinajstić information content (AvgIpc) is 2.26. The van der Waals surface area contributed by atoms with Crippen molar-refractivity contribution < 1.29 is 8.42 Å². The molecule has 1 aromatic carbocycles. The Kier molecular flexibility index (Phi) is 4.32. The van der Waals surface area contributed by atoms with Crippen LogP contribution in [0, 0.1) is 13.8 Å². The van der Waals surface area contributed by atoms with Crippen LogP contribution in [0.3, 0.4) is 0 Å². The Bertz CT molecular complexity index is 554. The number of nitrogens with two attached hydrogens (primary N) is 1. The lowest BCUT2D eigenvalue weighted by atomic mass is 10.0. The lowest BCUT2D eigenvalue weighted by Crippen LogP contribution is -2.44. The Balaban J connectivity index is 3.45. The van der Waals surface area contributed by atoms with Crippen LogP contribution in [0.5, 0.6) is 0 Å². The molecule has 108 valence electrons. The lowest BCUT2D eigenvalue weighted by molar-refractivity contribution is 0.257. The topological polar surface area (TPSA) is 63.4 Å². The van der Waals surface area contributed by atoms with Crippen LogP contribution in [0.15, 0.2) is 17.0 Å². The molecule has 0 spiro atoms. The Morgan fingerprint density at radius 3 is 2.00 bits per heavy atom. The molecule has 0 fully saturated rings. The van der Waals surface area contributed by atoms with E-state index in [2.05, 4.69) is 0 Å². The highest BCUT2D eigenvalue weighted by Gasteiger charge is 2.34. The number of nitrogen functional groups attached to an aromatic ring is 1. The number of aryl methyl sites for hydroxylation is 2. The first-order valence-electron chi connectivity index (χ1n) is 6.39. The van der Waals surface area contributed by atoms with Crippen LogP contribution in [0.4, 0.5) is 5.69 Å².